The Labute approximate surface area is 103 Å². The Kier molecular flexibility index (Phi) is 4.13. The fraction of sp³-hybridized carbons (Fsp3) is 0.818. The number of carbonyl (C=O) groups excluding carboxylic acids is 1. The number of carbonyl (C=O) groups is 1. The Hall–Kier alpha value is -0.840. The normalized spacial score (nSPS) is 15.7. The van der Waals surface area contributed by atoms with Crippen molar-refractivity contribution in [3.63, 3.8) is 0 Å². The van der Waals surface area contributed by atoms with Crippen molar-refractivity contribution in [1.82, 2.24) is 10.2 Å². The molecule has 0 unspecified atom stereocenters. The van der Waals surface area contributed by atoms with E-state index in [0.717, 1.165) is 12.8 Å². The van der Waals surface area contributed by atoms with E-state index >= 15 is 0 Å². The van der Waals surface area contributed by atoms with E-state index in [2.05, 4.69) is 5.32 Å². The van der Waals surface area contributed by atoms with Gasteiger partial charge in [-0.15, -0.1) is 0 Å². The van der Waals surface area contributed by atoms with E-state index in [4.69, 9.17) is 18.0 Å². The predicted octanol–water partition coefficient (Wildman–Crippen LogP) is 1.64. The number of nitrogens with zero attached hydrogens (tertiary/aromatic N) is 1. The fourth-order valence-electron chi connectivity index (χ4n) is 1.46. The third kappa shape index (κ3) is 4.79. The number of hydrogen-bond acceptors (Lipinski definition) is 2. The van der Waals surface area contributed by atoms with Crippen molar-refractivity contribution in [3.8, 4) is 0 Å². The first-order chi connectivity index (χ1) is 7.29. The molecule has 16 heavy (non-hydrogen) atoms. The van der Waals surface area contributed by atoms with Crippen molar-refractivity contribution in [3.05, 3.63) is 0 Å². The number of nitrogens with one attached hydrogen (secondary N) is 1. The summed E-state index contributed by atoms with van der Waals surface area (Å²) in [6.07, 6.45) is 2.78. The molecule has 0 bridgehead atoms. The molecule has 4 nitrogen and oxygen atoms in total. The minimum Gasteiger partial charge on any atom is -0.393 e. The van der Waals surface area contributed by atoms with Crippen LogP contribution in [-0.4, -0.2) is 34.0 Å². The van der Waals surface area contributed by atoms with Gasteiger partial charge in [0.15, 0.2) is 0 Å². The summed E-state index contributed by atoms with van der Waals surface area (Å²) in [7, 11) is 0. The minimum atomic E-state index is -0.201. The Morgan fingerprint density at radius 3 is 2.44 bits per heavy atom. The van der Waals surface area contributed by atoms with Crippen molar-refractivity contribution in [2.24, 2.45) is 5.73 Å². The Morgan fingerprint density at radius 2 is 2.06 bits per heavy atom. The van der Waals surface area contributed by atoms with Gasteiger partial charge in [0.2, 0.25) is 0 Å². The topological polar surface area (TPSA) is 58.4 Å². The smallest absolute Gasteiger partial charge is 0.318 e. The lowest BCUT2D eigenvalue weighted by molar-refractivity contribution is 0.187. The van der Waals surface area contributed by atoms with E-state index in [1.165, 1.54) is 0 Å². The van der Waals surface area contributed by atoms with Crippen LogP contribution < -0.4 is 11.1 Å². The van der Waals surface area contributed by atoms with Crippen LogP contribution in [0.5, 0.6) is 0 Å². The van der Waals surface area contributed by atoms with Gasteiger partial charge in [-0.05, 0) is 33.6 Å². The summed E-state index contributed by atoms with van der Waals surface area (Å²) in [5, 5.41) is 2.97. The quantitative estimate of drug-likeness (QED) is 0.738. The molecule has 0 atom stereocenters. The molecule has 5 heteroatoms. The first kappa shape index (κ1) is 13.2. The summed E-state index contributed by atoms with van der Waals surface area (Å²) in [6, 6.07) is 0.378. The molecular formula is C11H21N3OS. The summed E-state index contributed by atoms with van der Waals surface area (Å²) in [6.45, 7) is 6.55. The van der Waals surface area contributed by atoms with E-state index in [1.54, 1.807) is 0 Å². The molecule has 1 fully saturated rings. The molecule has 0 radical (unpaired) electrons. The fourth-order valence-corrected chi connectivity index (χ4v) is 1.55. The van der Waals surface area contributed by atoms with Gasteiger partial charge in [-0.2, -0.15) is 0 Å². The molecular weight excluding hydrogens is 222 g/mol. The number of nitrogens with two attached hydrogens (primary N) is 1. The van der Waals surface area contributed by atoms with Crippen molar-refractivity contribution in [1.29, 1.82) is 0 Å². The third-order valence-corrected chi connectivity index (χ3v) is 2.53. The Bertz CT molecular complexity index is 281. The molecule has 0 saturated heterocycles. The van der Waals surface area contributed by atoms with Gasteiger partial charge in [-0.3, -0.25) is 0 Å². The average molecular weight is 243 g/mol. The second-order valence-electron chi connectivity index (χ2n) is 5.32. The lowest BCUT2D eigenvalue weighted by Crippen LogP contribution is -2.49. The van der Waals surface area contributed by atoms with Gasteiger partial charge in [0.05, 0.1) is 4.99 Å². The van der Waals surface area contributed by atoms with Gasteiger partial charge >= 0.3 is 6.03 Å². The molecule has 0 aromatic rings. The van der Waals surface area contributed by atoms with Crippen LogP contribution in [0, 0.1) is 0 Å². The highest BCUT2D eigenvalue weighted by atomic mass is 32.1. The van der Waals surface area contributed by atoms with E-state index < -0.39 is 0 Å². The Balaban J connectivity index is 2.49. The van der Waals surface area contributed by atoms with E-state index in [-0.39, 0.29) is 11.6 Å². The molecule has 3 N–H and O–H groups in total. The van der Waals surface area contributed by atoms with Gasteiger partial charge in [-0.25, -0.2) is 4.79 Å². The van der Waals surface area contributed by atoms with Crippen LogP contribution in [0.15, 0.2) is 0 Å². The number of thiocarbonyl (C=S) groups is 1. The van der Waals surface area contributed by atoms with Gasteiger partial charge < -0.3 is 16.0 Å². The van der Waals surface area contributed by atoms with Crippen molar-refractivity contribution < 1.29 is 4.79 Å². The molecule has 0 aliphatic heterocycles. The van der Waals surface area contributed by atoms with Crippen LogP contribution >= 0.6 is 12.2 Å². The minimum absolute atomic E-state index is 0.00810. The predicted molar refractivity (Wildman–Crippen MR) is 69.4 cm³/mol. The summed E-state index contributed by atoms with van der Waals surface area (Å²) >= 11 is 4.84. The zero-order chi connectivity index (χ0) is 12.3. The number of amides is 2. The van der Waals surface area contributed by atoms with Gasteiger partial charge in [-0.1, -0.05) is 12.2 Å². The van der Waals surface area contributed by atoms with Crippen molar-refractivity contribution in [2.75, 3.05) is 6.54 Å². The molecule has 1 rings (SSSR count). The number of rotatable bonds is 4. The van der Waals surface area contributed by atoms with Crippen LogP contribution in [0.3, 0.4) is 0 Å². The van der Waals surface area contributed by atoms with Crippen LogP contribution in [0.2, 0.25) is 0 Å². The highest BCUT2D eigenvalue weighted by Gasteiger charge is 2.33. The first-order valence-electron chi connectivity index (χ1n) is 5.67. The number of hydrogen-bond donors (Lipinski definition) is 2. The van der Waals surface area contributed by atoms with Gasteiger partial charge in [0.25, 0.3) is 0 Å². The molecule has 0 aromatic heterocycles. The first-order valence-corrected chi connectivity index (χ1v) is 6.07. The molecule has 1 aliphatic carbocycles. The molecule has 1 aliphatic rings. The third-order valence-electron chi connectivity index (χ3n) is 2.33. The van der Waals surface area contributed by atoms with Crippen LogP contribution in [0.4, 0.5) is 4.79 Å². The van der Waals surface area contributed by atoms with Crippen molar-refractivity contribution in [2.45, 2.75) is 51.6 Å². The Morgan fingerprint density at radius 1 is 1.50 bits per heavy atom. The molecule has 0 aromatic carbocycles. The zero-order valence-electron chi connectivity index (χ0n) is 10.2. The van der Waals surface area contributed by atoms with Crippen molar-refractivity contribution >= 4 is 23.2 Å². The van der Waals surface area contributed by atoms with Crippen LogP contribution in [-0.2, 0) is 0 Å². The van der Waals surface area contributed by atoms with Gasteiger partial charge in [0.1, 0.15) is 0 Å². The average Bonchev–Trinajstić information content (AvgIpc) is 2.84. The van der Waals surface area contributed by atoms with E-state index in [0.29, 0.717) is 24.0 Å². The second-order valence-corrected chi connectivity index (χ2v) is 5.85. The summed E-state index contributed by atoms with van der Waals surface area (Å²) < 4.78 is 0. The lowest BCUT2D eigenvalue weighted by atomic mass is 10.1. The molecule has 92 valence electrons. The molecule has 0 spiro atoms. The standard InChI is InChI=1S/C11H21N3OS/c1-11(2,3)13-10(15)14(8-4-5-8)7-6-9(12)16/h8H,4-7H2,1-3H3,(H2,12,16)(H,13,15). The number of urea groups is 1. The second kappa shape index (κ2) is 4.99. The molecule has 1 saturated carbocycles. The summed E-state index contributed by atoms with van der Waals surface area (Å²) in [4.78, 5) is 14.3. The largest absolute Gasteiger partial charge is 0.393 e. The lowest BCUT2D eigenvalue weighted by Gasteiger charge is -2.28. The maximum absolute atomic E-state index is 12.0. The monoisotopic (exact) mass is 243 g/mol. The maximum atomic E-state index is 12.0. The summed E-state index contributed by atoms with van der Waals surface area (Å²) in [5.74, 6) is 0. The SMILES string of the molecule is CC(C)(C)NC(=O)N(CCC(N)=S)C1CC1. The highest BCUT2D eigenvalue weighted by molar-refractivity contribution is 7.80. The highest BCUT2D eigenvalue weighted by Crippen LogP contribution is 2.27. The van der Waals surface area contributed by atoms with Gasteiger partial charge in [0, 0.05) is 24.5 Å². The zero-order valence-corrected chi connectivity index (χ0v) is 11.1. The summed E-state index contributed by atoms with van der Waals surface area (Å²) in [5.41, 5.74) is 5.26. The molecule has 2 amide bonds. The molecule has 0 heterocycles. The van der Waals surface area contributed by atoms with Crippen LogP contribution in [0.1, 0.15) is 40.0 Å². The maximum Gasteiger partial charge on any atom is 0.318 e. The van der Waals surface area contributed by atoms with E-state index in [1.807, 2.05) is 25.7 Å². The van der Waals surface area contributed by atoms with Crippen LogP contribution in [0.25, 0.3) is 0 Å². The van der Waals surface area contributed by atoms with E-state index in [9.17, 15) is 4.79 Å².